The van der Waals surface area contributed by atoms with E-state index in [4.69, 9.17) is 0 Å². The van der Waals surface area contributed by atoms with Crippen molar-refractivity contribution in [3.05, 3.63) is 192 Å². The van der Waals surface area contributed by atoms with Crippen LogP contribution >= 0.6 is 0 Å². The Balaban J connectivity index is 0.000000156. The molecule has 6 heterocycles. The van der Waals surface area contributed by atoms with E-state index in [1.54, 1.807) is 36.4 Å². The van der Waals surface area contributed by atoms with Gasteiger partial charge < -0.3 is 23.7 Å². The summed E-state index contributed by atoms with van der Waals surface area (Å²) >= 11 is 0. The molecule has 5 aromatic rings. The van der Waals surface area contributed by atoms with Crippen molar-refractivity contribution < 1.29 is 36.8 Å². The van der Waals surface area contributed by atoms with E-state index < -0.39 is 30.2 Å². The Morgan fingerprint density at radius 1 is 0.523 bits per heavy atom. The lowest BCUT2D eigenvalue weighted by Crippen LogP contribution is -2.67. The lowest BCUT2D eigenvalue weighted by molar-refractivity contribution is -0.934. The van der Waals surface area contributed by atoms with Crippen molar-refractivity contribution in [2.24, 2.45) is 0 Å². The second-order valence-electron chi connectivity index (χ2n) is 18.4. The third-order valence-electron chi connectivity index (χ3n) is 14.2. The maximum Gasteiger partial charge on any atom is 0.123 e. The Kier molecular flexibility index (Phi) is 16.7. The molecule has 6 aliphatic heterocycles. The maximum atomic E-state index is 14.2. The van der Waals surface area contributed by atoms with Gasteiger partial charge in [-0.3, -0.25) is 9.80 Å². The van der Waals surface area contributed by atoms with Gasteiger partial charge in [0.1, 0.15) is 30.5 Å². The Morgan fingerprint density at radius 2 is 0.892 bits per heavy atom. The van der Waals surface area contributed by atoms with Crippen LogP contribution in [0, 0.1) is 17.5 Å². The number of unbranched alkanes of at least 4 members (excludes halogenated alkanes) is 2. The van der Waals surface area contributed by atoms with Crippen molar-refractivity contribution in [3.8, 4) is 0 Å². The SMILES string of the molecule is C=C(C[N+]12CCN(CC1)CC2)c1ccccc1.C=C(C[N+]12CCN(CC1)CC2)c1ccccc1.[O-]B([O-])OCCCCCC(c1cccc(F)c1)(c1cccc(F)c1)c1cccc(F)c1. The molecule has 7 nitrogen and oxygen atoms in total. The number of halogens is 3. The maximum absolute atomic E-state index is 14.2. The molecule has 0 amide bonds. The fourth-order valence-corrected chi connectivity index (χ4v) is 10.3. The van der Waals surface area contributed by atoms with Crippen LogP contribution in [-0.2, 0) is 10.1 Å². The molecule has 0 atom stereocenters. The van der Waals surface area contributed by atoms with Crippen molar-refractivity contribution in [1.82, 2.24) is 9.80 Å². The van der Waals surface area contributed by atoms with Crippen molar-refractivity contribution >= 4 is 18.5 Å². The molecule has 0 aromatic heterocycles. The first-order valence-electron chi connectivity index (χ1n) is 23.3. The largest absolute Gasteiger partial charge is 0.871 e. The second-order valence-corrected chi connectivity index (χ2v) is 18.4. The summed E-state index contributed by atoms with van der Waals surface area (Å²) in [6, 6.07) is 39.4. The second kappa shape index (κ2) is 22.6. The van der Waals surface area contributed by atoms with E-state index in [9.17, 15) is 23.2 Å². The van der Waals surface area contributed by atoms with Gasteiger partial charge in [0, 0.05) is 62.4 Å². The van der Waals surface area contributed by atoms with E-state index in [1.165, 1.54) is 146 Å². The van der Waals surface area contributed by atoms with Crippen LogP contribution in [0.4, 0.5) is 13.2 Å². The van der Waals surface area contributed by atoms with E-state index in [1.807, 2.05) is 0 Å². The Labute approximate surface area is 385 Å². The molecule has 0 spiro atoms. The molecular formula is C54H64BF3N4O3. The third-order valence-corrected chi connectivity index (χ3v) is 14.2. The molecular weight excluding hydrogens is 820 g/mol. The van der Waals surface area contributed by atoms with Crippen molar-refractivity contribution in [2.45, 2.75) is 31.1 Å². The number of fused-ring (bicyclic) bond motifs is 6. The summed E-state index contributed by atoms with van der Waals surface area (Å²) in [4.78, 5) is 5.18. The molecule has 65 heavy (non-hydrogen) atoms. The molecule has 0 N–H and O–H groups in total. The van der Waals surface area contributed by atoms with E-state index in [2.05, 4.69) is 88.3 Å². The predicted octanol–water partition coefficient (Wildman–Crippen LogP) is 7.41. The van der Waals surface area contributed by atoms with Crippen LogP contribution in [-0.4, -0.2) is 124 Å². The molecule has 4 bridgehead atoms. The fraction of sp³-hybridized carbons (Fsp3) is 0.370. The van der Waals surface area contributed by atoms with Crippen LogP contribution in [0.5, 0.6) is 0 Å². The smallest absolute Gasteiger partial charge is 0.123 e. The van der Waals surface area contributed by atoms with Crippen LogP contribution in [0.15, 0.2) is 147 Å². The van der Waals surface area contributed by atoms with Crippen LogP contribution in [0.2, 0.25) is 0 Å². The molecule has 5 aromatic carbocycles. The molecule has 0 radical (unpaired) electrons. The lowest BCUT2D eigenvalue weighted by atomic mass is 9.66. The van der Waals surface area contributed by atoms with Crippen molar-refractivity contribution in [2.75, 3.05) is 98.2 Å². The van der Waals surface area contributed by atoms with Crippen LogP contribution < -0.4 is 10.0 Å². The highest BCUT2D eigenvalue weighted by molar-refractivity contribution is 6.28. The number of nitrogens with zero attached hydrogens (tertiary/aromatic N) is 4. The van der Waals surface area contributed by atoms with E-state index in [0.29, 0.717) is 42.4 Å². The van der Waals surface area contributed by atoms with Gasteiger partial charge in [0.05, 0.1) is 46.6 Å². The average Bonchev–Trinajstić information content (AvgIpc) is 3.33. The van der Waals surface area contributed by atoms with Crippen molar-refractivity contribution in [1.29, 1.82) is 0 Å². The van der Waals surface area contributed by atoms with Gasteiger partial charge >= 0.3 is 0 Å². The summed E-state index contributed by atoms with van der Waals surface area (Å²) < 4.78 is 49.7. The predicted molar refractivity (Wildman–Crippen MR) is 253 cm³/mol. The summed E-state index contributed by atoms with van der Waals surface area (Å²) in [6.45, 7) is 26.5. The molecule has 0 saturated carbocycles. The Bertz CT molecular complexity index is 2080. The number of hydrogen-bond donors (Lipinski definition) is 0. The molecule has 6 saturated heterocycles. The van der Waals surface area contributed by atoms with Gasteiger partial charge in [0.25, 0.3) is 0 Å². The highest BCUT2D eigenvalue weighted by Crippen LogP contribution is 2.44. The summed E-state index contributed by atoms with van der Waals surface area (Å²) in [6.07, 6.45) is 2.14. The van der Waals surface area contributed by atoms with Crippen molar-refractivity contribution in [3.63, 3.8) is 0 Å². The summed E-state index contributed by atoms with van der Waals surface area (Å²) in [5, 5.41) is 21.0. The monoisotopic (exact) mass is 885 g/mol. The number of quaternary nitrogens is 2. The molecule has 342 valence electrons. The van der Waals surface area contributed by atoms with Crippen LogP contribution in [0.3, 0.4) is 0 Å². The van der Waals surface area contributed by atoms with Gasteiger partial charge in [0.15, 0.2) is 0 Å². The topological polar surface area (TPSA) is 61.8 Å². The van der Waals surface area contributed by atoms with Gasteiger partial charge in [-0.25, -0.2) is 13.2 Å². The highest BCUT2D eigenvalue weighted by Gasteiger charge is 2.40. The molecule has 6 aliphatic rings. The highest BCUT2D eigenvalue weighted by atomic mass is 19.1. The number of benzene rings is 5. The fourth-order valence-electron chi connectivity index (χ4n) is 10.3. The zero-order chi connectivity index (χ0) is 45.7. The van der Waals surface area contributed by atoms with E-state index >= 15 is 0 Å². The molecule has 0 unspecified atom stereocenters. The van der Waals surface area contributed by atoms with Crippen LogP contribution in [0.25, 0.3) is 11.1 Å². The number of rotatable bonds is 16. The molecule has 6 fully saturated rings. The number of hydrogen-bond acceptors (Lipinski definition) is 5. The first-order chi connectivity index (χ1) is 31.5. The first kappa shape index (κ1) is 48.1. The zero-order valence-electron chi connectivity index (χ0n) is 37.8. The molecule has 11 heteroatoms. The third kappa shape index (κ3) is 12.7. The summed E-state index contributed by atoms with van der Waals surface area (Å²) in [5.74, 6) is -1.33. The quantitative estimate of drug-likeness (QED) is 0.0448. The average molecular weight is 885 g/mol. The minimum absolute atomic E-state index is 0.0462. The lowest BCUT2D eigenvalue weighted by Gasteiger charge is -2.50. The molecule has 11 rings (SSSR count). The van der Waals surface area contributed by atoms with Gasteiger partial charge in [-0.2, -0.15) is 0 Å². The van der Waals surface area contributed by atoms with E-state index in [-0.39, 0.29) is 6.61 Å². The molecule has 0 aliphatic carbocycles. The summed E-state index contributed by atoms with van der Waals surface area (Å²) in [7, 11) is -2.31. The Morgan fingerprint density at radius 3 is 1.23 bits per heavy atom. The van der Waals surface area contributed by atoms with Crippen LogP contribution in [0.1, 0.15) is 53.5 Å². The minimum atomic E-state index is -2.31. The van der Waals surface area contributed by atoms with Gasteiger partial charge in [-0.1, -0.05) is 123 Å². The zero-order valence-corrected chi connectivity index (χ0v) is 37.8. The van der Waals surface area contributed by atoms with E-state index in [0.717, 1.165) is 13.1 Å². The standard InChI is InChI=1S/C24H22BF3O3.2C15H21N2/c26-21-10-4-7-18(15-21)24(19-8-5-11-22(27)16-19,20-9-6-12-23(28)17-20)13-2-1-3-14-31-25(29)30;2*1-14(15-5-3-2-4-6-15)13-17-10-7-16(8-11-17)9-12-17/h4-12,15-17H,1-3,13-14H2;2*2-6H,1,7-13H2/q-2;2*+1. The number of piperazine rings is 6. The van der Waals surface area contributed by atoms with Gasteiger partial charge in [-0.05, 0) is 77.1 Å². The minimum Gasteiger partial charge on any atom is -0.871 e. The normalized spacial score (nSPS) is 21.9. The van der Waals surface area contributed by atoms with Gasteiger partial charge in [-0.15, -0.1) is 0 Å². The first-order valence-corrected chi connectivity index (χ1v) is 23.3. The van der Waals surface area contributed by atoms with Gasteiger partial charge in [0.2, 0.25) is 0 Å². The Hall–Kier alpha value is -4.85. The summed E-state index contributed by atoms with van der Waals surface area (Å²) in [5.41, 5.74) is 5.99.